The molecule has 166 valence electrons. The first-order valence-corrected chi connectivity index (χ1v) is 11.0. The van der Waals surface area contributed by atoms with Crippen LogP contribution >= 0.6 is 0 Å². The maximum absolute atomic E-state index is 13.2. The number of ether oxygens (including phenoxy) is 1. The van der Waals surface area contributed by atoms with E-state index < -0.39 is 6.10 Å². The first kappa shape index (κ1) is 20.8. The van der Waals surface area contributed by atoms with Crippen molar-refractivity contribution in [2.75, 3.05) is 18.0 Å². The Morgan fingerprint density at radius 3 is 2.58 bits per heavy atom. The van der Waals surface area contributed by atoms with Gasteiger partial charge in [-0.2, -0.15) is 0 Å². The third-order valence-electron chi connectivity index (χ3n) is 6.13. The molecule has 0 radical (unpaired) electrons. The highest BCUT2D eigenvalue weighted by Gasteiger charge is 2.33. The number of fused-ring (bicyclic) bond motifs is 2. The van der Waals surface area contributed by atoms with E-state index in [-0.39, 0.29) is 24.3 Å². The number of anilines is 1. The van der Waals surface area contributed by atoms with Gasteiger partial charge in [-0.1, -0.05) is 60.7 Å². The number of amides is 2. The Morgan fingerprint density at radius 1 is 1.03 bits per heavy atom. The Morgan fingerprint density at radius 2 is 1.76 bits per heavy atom. The zero-order valence-corrected chi connectivity index (χ0v) is 18.3. The van der Waals surface area contributed by atoms with Gasteiger partial charge in [0.1, 0.15) is 5.75 Å². The lowest BCUT2D eigenvalue weighted by Crippen LogP contribution is -2.50. The van der Waals surface area contributed by atoms with Gasteiger partial charge in [0.25, 0.3) is 5.91 Å². The van der Waals surface area contributed by atoms with Gasteiger partial charge >= 0.3 is 0 Å². The van der Waals surface area contributed by atoms with Crippen molar-refractivity contribution in [1.82, 2.24) is 10.3 Å². The van der Waals surface area contributed by atoms with Crippen molar-refractivity contribution in [1.29, 1.82) is 0 Å². The number of nitrogens with one attached hydrogen (secondary N) is 2. The van der Waals surface area contributed by atoms with Crippen molar-refractivity contribution >= 4 is 28.4 Å². The van der Waals surface area contributed by atoms with Crippen molar-refractivity contribution < 1.29 is 14.3 Å². The molecule has 2 amide bonds. The number of hydrogen-bond acceptors (Lipinski definition) is 3. The van der Waals surface area contributed by atoms with Gasteiger partial charge in [-0.15, -0.1) is 0 Å². The Hall–Kier alpha value is -4.06. The first-order chi connectivity index (χ1) is 16.1. The summed E-state index contributed by atoms with van der Waals surface area (Å²) >= 11 is 0. The summed E-state index contributed by atoms with van der Waals surface area (Å²) in [6.45, 7) is 2.09. The summed E-state index contributed by atoms with van der Waals surface area (Å²) in [4.78, 5) is 30.3. The molecule has 6 nitrogen and oxygen atoms in total. The Balaban J connectivity index is 1.39. The number of para-hydroxylation sites is 3. The van der Waals surface area contributed by atoms with Gasteiger partial charge in [0, 0.05) is 36.5 Å². The van der Waals surface area contributed by atoms with Crippen LogP contribution in [0.3, 0.4) is 0 Å². The van der Waals surface area contributed by atoms with E-state index in [1.165, 1.54) is 6.92 Å². The molecule has 1 aliphatic rings. The Labute approximate surface area is 192 Å². The minimum atomic E-state index is -0.775. The second-order valence-corrected chi connectivity index (χ2v) is 8.20. The molecule has 0 spiro atoms. The zero-order valence-electron chi connectivity index (χ0n) is 18.3. The van der Waals surface area contributed by atoms with Gasteiger partial charge in [0.05, 0.1) is 12.2 Å². The molecule has 2 N–H and O–H groups in total. The summed E-state index contributed by atoms with van der Waals surface area (Å²) in [6, 6.07) is 25.6. The van der Waals surface area contributed by atoms with Crippen LogP contribution in [-0.4, -0.2) is 36.0 Å². The quantitative estimate of drug-likeness (QED) is 0.489. The average molecular weight is 440 g/mol. The number of hydrogen-bond donors (Lipinski definition) is 2. The summed E-state index contributed by atoms with van der Waals surface area (Å²) in [7, 11) is 0. The van der Waals surface area contributed by atoms with Crippen molar-refractivity contribution in [2.24, 2.45) is 0 Å². The second-order valence-electron chi connectivity index (χ2n) is 8.20. The SMILES string of the molecule is CC(=O)N1C[C@@H](C(=O)NC[C@@H](c2ccccc2)c2c[nH]c3ccccc23)Oc2ccccc21. The summed E-state index contributed by atoms with van der Waals surface area (Å²) < 4.78 is 5.96. The number of benzene rings is 3. The van der Waals surface area contributed by atoms with Crippen LogP contribution in [0.2, 0.25) is 0 Å². The maximum Gasteiger partial charge on any atom is 0.263 e. The first-order valence-electron chi connectivity index (χ1n) is 11.0. The number of nitrogens with zero attached hydrogens (tertiary/aromatic N) is 1. The van der Waals surface area contributed by atoms with E-state index in [1.54, 1.807) is 11.0 Å². The van der Waals surface area contributed by atoms with Gasteiger partial charge in [-0.25, -0.2) is 0 Å². The topological polar surface area (TPSA) is 74.4 Å². The summed E-state index contributed by atoms with van der Waals surface area (Å²) in [5, 5.41) is 4.21. The van der Waals surface area contributed by atoms with Crippen molar-refractivity contribution in [2.45, 2.75) is 18.9 Å². The number of carbonyl (C=O) groups excluding carboxylic acids is 2. The van der Waals surface area contributed by atoms with Crippen LogP contribution in [0.25, 0.3) is 10.9 Å². The minimum absolute atomic E-state index is 0.0360. The highest BCUT2D eigenvalue weighted by Crippen LogP contribution is 2.34. The van der Waals surface area contributed by atoms with E-state index in [0.29, 0.717) is 18.0 Å². The molecule has 2 atom stereocenters. The van der Waals surface area contributed by atoms with Crippen molar-refractivity contribution in [3.63, 3.8) is 0 Å². The highest BCUT2D eigenvalue weighted by molar-refractivity contribution is 5.96. The molecule has 33 heavy (non-hydrogen) atoms. The highest BCUT2D eigenvalue weighted by atomic mass is 16.5. The maximum atomic E-state index is 13.2. The molecular weight excluding hydrogens is 414 g/mol. The standard InChI is InChI=1S/C27H25N3O3/c1-18(31)30-17-26(33-25-14-8-7-13-24(25)30)27(32)29-15-21(19-9-3-2-4-10-19)22-16-28-23-12-6-5-11-20(22)23/h2-14,16,21,26,28H,15,17H2,1H3,(H,29,32)/t21-,26-/m0/s1. The molecule has 5 rings (SSSR count). The van der Waals surface area contributed by atoms with E-state index >= 15 is 0 Å². The lowest BCUT2D eigenvalue weighted by atomic mass is 9.91. The summed E-state index contributed by atoms with van der Waals surface area (Å²) in [5.74, 6) is 0.141. The molecule has 1 aliphatic heterocycles. The summed E-state index contributed by atoms with van der Waals surface area (Å²) in [6.07, 6.45) is 1.24. The molecule has 0 fully saturated rings. The predicted molar refractivity (Wildman–Crippen MR) is 128 cm³/mol. The van der Waals surface area contributed by atoms with E-state index in [9.17, 15) is 9.59 Å². The molecule has 0 saturated heterocycles. The molecule has 1 aromatic heterocycles. The molecule has 2 heterocycles. The zero-order chi connectivity index (χ0) is 22.8. The van der Waals surface area contributed by atoms with Crippen LogP contribution < -0.4 is 15.0 Å². The monoisotopic (exact) mass is 439 g/mol. The lowest BCUT2D eigenvalue weighted by molar-refractivity contribution is -0.128. The fourth-order valence-electron chi connectivity index (χ4n) is 4.46. The van der Waals surface area contributed by atoms with E-state index in [0.717, 1.165) is 22.0 Å². The molecule has 4 aromatic rings. The van der Waals surface area contributed by atoms with Crippen LogP contribution in [0.4, 0.5) is 5.69 Å². The molecule has 0 aliphatic carbocycles. The van der Waals surface area contributed by atoms with Crippen molar-refractivity contribution in [3.05, 3.63) is 96.2 Å². The van der Waals surface area contributed by atoms with E-state index in [1.807, 2.05) is 60.8 Å². The number of aromatic nitrogens is 1. The second kappa shape index (κ2) is 8.82. The number of carbonyl (C=O) groups is 2. The van der Waals surface area contributed by atoms with Crippen molar-refractivity contribution in [3.8, 4) is 5.75 Å². The molecule has 0 saturated carbocycles. The van der Waals surface area contributed by atoms with Gasteiger partial charge in [0.15, 0.2) is 6.10 Å². The Kier molecular flexibility index (Phi) is 5.57. The molecule has 0 unspecified atom stereocenters. The third-order valence-corrected chi connectivity index (χ3v) is 6.13. The number of rotatable bonds is 5. The van der Waals surface area contributed by atoms with Crippen LogP contribution in [0, 0.1) is 0 Å². The largest absolute Gasteiger partial charge is 0.477 e. The average Bonchev–Trinajstić information content (AvgIpc) is 3.28. The fourth-order valence-corrected chi connectivity index (χ4v) is 4.46. The smallest absolute Gasteiger partial charge is 0.263 e. The molecule has 0 bridgehead atoms. The third kappa shape index (κ3) is 4.07. The van der Waals surface area contributed by atoms with Crippen LogP contribution in [-0.2, 0) is 9.59 Å². The minimum Gasteiger partial charge on any atom is -0.477 e. The van der Waals surface area contributed by atoms with Crippen LogP contribution in [0.1, 0.15) is 24.0 Å². The van der Waals surface area contributed by atoms with Gasteiger partial charge < -0.3 is 19.9 Å². The van der Waals surface area contributed by atoms with E-state index in [2.05, 4.69) is 28.5 Å². The Bertz CT molecular complexity index is 1300. The van der Waals surface area contributed by atoms with Gasteiger partial charge in [-0.05, 0) is 29.3 Å². The van der Waals surface area contributed by atoms with Gasteiger partial charge in [-0.3, -0.25) is 9.59 Å². The number of H-pyrrole nitrogens is 1. The summed E-state index contributed by atoms with van der Waals surface area (Å²) in [5.41, 5.74) is 3.99. The normalized spacial score (nSPS) is 16.0. The van der Waals surface area contributed by atoms with Crippen LogP contribution in [0.5, 0.6) is 5.75 Å². The van der Waals surface area contributed by atoms with E-state index in [4.69, 9.17) is 4.74 Å². The van der Waals surface area contributed by atoms with Crippen LogP contribution in [0.15, 0.2) is 85.1 Å². The molecule has 3 aromatic carbocycles. The fraction of sp³-hybridized carbons (Fsp3) is 0.185. The molecular formula is C27H25N3O3. The van der Waals surface area contributed by atoms with Gasteiger partial charge in [0.2, 0.25) is 5.91 Å². The molecule has 6 heteroatoms. The number of aromatic amines is 1. The lowest BCUT2D eigenvalue weighted by Gasteiger charge is -2.33. The predicted octanol–water partition coefficient (Wildman–Crippen LogP) is 4.23.